The van der Waals surface area contributed by atoms with Crippen LogP contribution in [0, 0.1) is 13.8 Å². The van der Waals surface area contributed by atoms with Gasteiger partial charge >= 0.3 is 0 Å². The molecule has 0 aliphatic carbocycles. The maximum Gasteiger partial charge on any atom is 0.259 e. The standard InChI is InChI=1S/C24H28N4O2.ClH/c1-16-5-4-6-19(13-16)28-23(18-9-11-25-12-10-18)20(15-26-28)24(29)27-21-14-17(2)7-8-22(21)30-3;/h4-8,13-15,18,25H,9-12H2,1-3H3,(H,27,29);1H. The molecular formula is C24H29ClN4O2. The Morgan fingerprint density at radius 2 is 1.87 bits per heavy atom. The number of anilines is 1. The van der Waals surface area contributed by atoms with Crippen LogP contribution in [0.25, 0.3) is 5.69 Å². The minimum absolute atomic E-state index is 0. The number of carbonyl (C=O) groups is 1. The Labute approximate surface area is 189 Å². The maximum atomic E-state index is 13.3. The molecular weight excluding hydrogens is 412 g/mol. The number of nitrogens with one attached hydrogen (secondary N) is 2. The van der Waals surface area contributed by atoms with Crippen LogP contribution >= 0.6 is 12.4 Å². The minimum Gasteiger partial charge on any atom is -0.495 e. The van der Waals surface area contributed by atoms with Crippen LogP contribution < -0.4 is 15.4 Å². The van der Waals surface area contributed by atoms with Gasteiger partial charge in [0, 0.05) is 5.92 Å². The van der Waals surface area contributed by atoms with Gasteiger partial charge in [-0.15, -0.1) is 12.4 Å². The van der Waals surface area contributed by atoms with Crippen molar-refractivity contribution in [2.45, 2.75) is 32.6 Å². The van der Waals surface area contributed by atoms with Crippen LogP contribution in [0.5, 0.6) is 5.75 Å². The molecule has 1 aliphatic rings. The number of methoxy groups -OCH3 is 1. The van der Waals surface area contributed by atoms with Gasteiger partial charge < -0.3 is 15.4 Å². The van der Waals surface area contributed by atoms with E-state index in [2.05, 4.69) is 34.8 Å². The van der Waals surface area contributed by atoms with Crippen LogP contribution in [0.15, 0.2) is 48.7 Å². The number of amides is 1. The molecule has 0 unspecified atom stereocenters. The third-order valence-electron chi connectivity index (χ3n) is 5.63. The Kier molecular flexibility index (Phi) is 7.36. The van der Waals surface area contributed by atoms with Gasteiger partial charge in [-0.05, 0) is 75.2 Å². The largest absolute Gasteiger partial charge is 0.495 e. The second-order valence-corrected chi connectivity index (χ2v) is 7.88. The fourth-order valence-electron chi connectivity index (χ4n) is 4.10. The van der Waals surface area contributed by atoms with E-state index in [1.807, 2.05) is 41.9 Å². The fraction of sp³-hybridized carbons (Fsp3) is 0.333. The van der Waals surface area contributed by atoms with E-state index in [0.717, 1.165) is 48.4 Å². The van der Waals surface area contributed by atoms with Crippen LogP contribution in [0.1, 0.15) is 45.9 Å². The summed E-state index contributed by atoms with van der Waals surface area (Å²) in [5, 5.41) is 11.1. The number of rotatable bonds is 5. The number of ether oxygens (including phenoxy) is 1. The van der Waals surface area contributed by atoms with Crippen molar-refractivity contribution in [3.8, 4) is 11.4 Å². The highest BCUT2D eigenvalue weighted by Crippen LogP contribution is 2.32. The number of hydrogen-bond acceptors (Lipinski definition) is 4. The van der Waals surface area contributed by atoms with Crippen molar-refractivity contribution >= 4 is 24.0 Å². The summed E-state index contributed by atoms with van der Waals surface area (Å²) in [7, 11) is 1.61. The van der Waals surface area contributed by atoms with Crippen LogP contribution in [-0.4, -0.2) is 35.9 Å². The van der Waals surface area contributed by atoms with Gasteiger partial charge in [0.1, 0.15) is 5.75 Å². The molecule has 1 saturated heterocycles. The van der Waals surface area contributed by atoms with Crippen molar-refractivity contribution < 1.29 is 9.53 Å². The molecule has 1 amide bonds. The monoisotopic (exact) mass is 440 g/mol. The van der Waals surface area contributed by atoms with E-state index in [9.17, 15) is 4.79 Å². The predicted octanol–water partition coefficient (Wildman–Crippen LogP) is 4.64. The topological polar surface area (TPSA) is 68.2 Å². The Morgan fingerprint density at radius 1 is 1.13 bits per heavy atom. The van der Waals surface area contributed by atoms with Gasteiger partial charge in [-0.1, -0.05) is 18.2 Å². The summed E-state index contributed by atoms with van der Waals surface area (Å²) >= 11 is 0. The molecule has 1 aliphatic heterocycles. The van der Waals surface area contributed by atoms with Gasteiger partial charge in [-0.25, -0.2) is 4.68 Å². The zero-order valence-corrected chi connectivity index (χ0v) is 19.0. The quantitative estimate of drug-likeness (QED) is 0.606. The smallest absolute Gasteiger partial charge is 0.259 e. The lowest BCUT2D eigenvalue weighted by Crippen LogP contribution is -2.29. The second-order valence-electron chi connectivity index (χ2n) is 7.88. The first-order valence-electron chi connectivity index (χ1n) is 10.4. The van der Waals surface area contributed by atoms with E-state index in [0.29, 0.717) is 17.0 Å². The van der Waals surface area contributed by atoms with Crippen molar-refractivity contribution in [2.24, 2.45) is 0 Å². The Hall–Kier alpha value is -2.83. The SMILES string of the molecule is COc1ccc(C)cc1NC(=O)c1cnn(-c2cccc(C)c2)c1C1CCNCC1.Cl. The average Bonchev–Trinajstić information content (AvgIpc) is 3.20. The van der Waals surface area contributed by atoms with E-state index in [1.54, 1.807) is 13.3 Å². The van der Waals surface area contributed by atoms with Gasteiger partial charge in [0.15, 0.2) is 0 Å². The number of halogens is 1. The fourth-order valence-corrected chi connectivity index (χ4v) is 4.10. The van der Waals surface area contributed by atoms with Crippen molar-refractivity contribution in [2.75, 3.05) is 25.5 Å². The highest BCUT2D eigenvalue weighted by Gasteiger charge is 2.27. The number of piperidine rings is 1. The van der Waals surface area contributed by atoms with E-state index >= 15 is 0 Å². The number of aryl methyl sites for hydroxylation is 2. The van der Waals surface area contributed by atoms with Crippen LogP contribution in [0.2, 0.25) is 0 Å². The lowest BCUT2D eigenvalue weighted by Gasteiger charge is -2.25. The molecule has 0 spiro atoms. The lowest BCUT2D eigenvalue weighted by atomic mass is 9.91. The third kappa shape index (κ3) is 4.92. The van der Waals surface area contributed by atoms with E-state index < -0.39 is 0 Å². The van der Waals surface area contributed by atoms with Gasteiger partial charge in [0.25, 0.3) is 5.91 Å². The molecule has 2 N–H and O–H groups in total. The Morgan fingerprint density at radius 3 is 2.58 bits per heavy atom. The second kappa shape index (κ2) is 9.98. The molecule has 6 nitrogen and oxygen atoms in total. The number of carbonyl (C=O) groups excluding carboxylic acids is 1. The highest BCUT2D eigenvalue weighted by atomic mass is 35.5. The number of hydrogen-bond donors (Lipinski definition) is 2. The number of benzene rings is 2. The molecule has 0 atom stereocenters. The molecule has 3 aromatic rings. The van der Waals surface area contributed by atoms with Crippen LogP contribution in [0.4, 0.5) is 5.69 Å². The van der Waals surface area contributed by atoms with Gasteiger partial charge in [-0.3, -0.25) is 4.79 Å². The number of aromatic nitrogens is 2. The zero-order chi connectivity index (χ0) is 21.1. The molecule has 31 heavy (non-hydrogen) atoms. The molecule has 2 aromatic carbocycles. The third-order valence-corrected chi connectivity index (χ3v) is 5.63. The van der Waals surface area contributed by atoms with Gasteiger partial charge in [-0.2, -0.15) is 5.10 Å². The summed E-state index contributed by atoms with van der Waals surface area (Å²) in [5.41, 5.74) is 5.46. The van der Waals surface area contributed by atoms with Gasteiger partial charge in [0.05, 0.1) is 35.9 Å². The van der Waals surface area contributed by atoms with E-state index in [4.69, 9.17) is 4.74 Å². The Bertz CT molecular complexity index is 1060. The molecule has 164 valence electrons. The summed E-state index contributed by atoms with van der Waals surface area (Å²) in [6.45, 7) is 5.94. The van der Waals surface area contributed by atoms with Crippen molar-refractivity contribution in [3.05, 3.63) is 71.0 Å². The highest BCUT2D eigenvalue weighted by molar-refractivity contribution is 6.06. The summed E-state index contributed by atoms with van der Waals surface area (Å²) in [6.07, 6.45) is 3.65. The van der Waals surface area contributed by atoms with E-state index in [1.165, 1.54) is 0 Å². The summed E-state index contributed by atoms with van der Waals surface area (Å²) in [6, 6.07) is 14.0. The maximum absolute atomic E-state index is 13.3. The van der Waals surface area contributed by atoms with Crippen molar-refractivity contribution in [3.63, 3.8) is 0 Å². The zero-order valence-electron chi connectivity index (χ0n) is 18.1. The molecule has 0 saturated carbocycles. The molecule has 4 rings (SSSR count). The first-order valence-corrected chi connectivity index (χ1v) is 10.4. The van der Waals surface area contributed by atoms with Crippen molar-refractivity contribution in [1.82, 2.24) is 15.1 Å². The number of nitrogens with zero attached hydrogens (tertiary/aromatic N) is 2. The molecule has 7 heteroatoms. The molecule has 0 bridgehead atoms. The summed E-state index contributed by atoms with van der Waals surface area (Å²) in [4.78, 5) is 13.3. The van der Waals surface area contributed by atoms with Crippen molar-refractivity contribution in [1.29, 1.82) is 0 Å². The first-order chi connectivity index (χ1) is 14.6. The summed E-state index contributed by atoms with van der Waals surface area (Å²) < 4.78 is 7.36. The van der Waals surface area contributed by atoms with Gasteiger partial charge in [0.2, 0.25) is 0 Å². The first kappa shape index (κ1) is 22.8. The van der Waals surface area contributed by atoms with Crippen LogP contribution in [0.3, 0.4) is 0 Å². The molecule has 2 heterocycles. The van der Waals surface area contributed by atoms with E-state index in [-0.39, 0.29) is 24.2 Å². The minimum atomic E-state index is -0.161. The predicted molar refractivity (Wildman–Crippen MR) is 126 cm³/mol. The molecule has 1 aromatic heterocycles. The van der Waals surface area contributed by atoms with Crippen LogP contribution in [-0.2, 0) is 0 Å². The molecule has 0 radical (unpaired) electrons. The summed E-state index contributed by atoms with van der Waals surface area (Å²) in [5.74, 6) is 0.754. The average molecular weight is 441 g/mol. The lowest BCUT2D eigenvalue weighted by molar-refractivity contribution is 0.102. The Balaban J connectivity index is 0.00000272. The normalized spacial score (nSPS) is 14.0. The molecule has 1 fully saturated rings.